The van der Waals surface area contributed by atoms with E-state index in [1.807, 2.05) is 5.32 Å². The van der Waals surface area contributed by atoms with Gasteiger partial charge in [0.2, 0.25) is 0 Å². The van der Waals surface area contributed by atoms with Crippen LogP contribution in [-0.2, 0) is 16.1 Å². The quantitative estimate of drug-likeness (QED) is 0.602. The first-order chi connectivity index (χ1) is 9.69. The van der Waals surface area contributed by atoms with Crippen molar-refractivity contribution in [3.8, 4) is 0 Å². The van der Waals surface area contributed by atoms with Crippen molar-refractivity contribution in [2.75, 3.05) is 19.0 Å². The number of esters is 1. The largest absolute Gasteiger partial charge is 0.468 e. The molecule has 0 aromatic carbocycles. The summed E-state index contributed by atoms with van der Waals surface area (Å²) in [5.41, 5.74) is -0.993. The summed E-state index contributed by atoms with van der Waals surface area (Å²) in [6.45, 7) is -1.84. The predicted molar refractivity (Wildman–Crippen MR) is 67.7 cm³/mol. The molecule has 0 radical (unpaired) electrons. The minimum absolute atomic E-state index is 0.193. The minimum Gasteiger partial charge on any atom is -0.468 e. The lowest BCUT2D eigenvalue weighted by Crippen LogP contribution is -2.35. The van der Waals surface area contributed by atoms with Crippen LogP contribution in [0.25, 0.3) is 0 Å². The summed E-state index contributed by atoms with van der Waals surface area (Å²) in [6.07, 6.45) is -2.88. The number of rotatable bonds is 6. The fourth-order valence-electron chi connectivity index (χ4n) is 1.18. The summed E-state index contributed by atoms with van der Waals surface area (Å²) in [6, 6.07) is 0. The average molecular weight is 376 g/mol. The Hall–Kier alpha value is -1.65. The van der Waals surface area contributed by atoms with Crippen LogP contribution in [-0.4, -0.2) is 41.8 Å². The van der Waals surface area contributed by atoms with Crippen molar-refractivity contribution >= 4 is 27.6 Å². The Morgan fingerprint density at radius 2 is 2.19 bits per heavy atom. The topological polar surface area (TPSA) is 73.2 Å². The molecule has 0 unspecified atom stereocenters. The molecule has 1 aromatic heterocycles. The van der Waals surface area contributed by atoms with Crippen molar-refractivity contribution in [1.82, 2.24) is 9.78 Å². The Morgan fingerprint density at radius 1 is 1.57 bits per heavy atom. The number of nitrogens with zero attached hydrogens (tertiary/aromatic N) is 2. The lowest BCUT2D eigenvalue weighted by molar-refractivity contribution is -0.141. The molecule has 0 bridgehead atoms. The Balaban J connectivity index is 2.90. The third-order valence-electron chi connectivity index (χ3n) is 2.33. The average Bonchev–Trinajstić information content (AvgIpc) is 2.42. The Bertz CT molecular complexity index is 579. The summed E-state index contributed by atoms with van der Waals surface area (Å²) in [5, 5.41) is 5.55. The minimum atomic E-state index is -4.25. The van der Waals surface area contributed by atoms with Crippen molar-refractivity contribution < 1.29 is 27.1 Å². The van der Waals surface area contributed by atoms with Crippen LogP contribution < -0.4 is 10.9 Å². The van der Waals surface area contributed by atoms with Crippen LogP contribution >= 0.6 is 15.9 Å². The second-order valence-electron chi connectivity index (χ2n) is 3.83. The zero-order valence-electron chi connectivity index (χ0n) is 10.6. The molecule has 0 aliphatic carbocycles. The molecule has 11 heteroatoms. The van der Waals surface area contributed by atoms with E-state index in [4.69, 9.17) is 0 Å². The van der Waals surface area contributed by atoms with Gasteiger partial charge in [-0.15, -0.1) is 0 Å². The standard InChI is InChI=1S/C10H10BrF4N3O3/c1-21-6(19)3-18-8(20)7(11)5(2-17-18)16-4-10(14,15)9(12)13/h2,9,16H,3-4H2,1H3. The summed E-state index contributed by atoms with van der Waals surface area (Å²) in [4.78, 5) is 22.8. The van der Waals surface area contributed by atoms with Crippen LogP contribution in [0, 0.1) is 0 Å². The molecule has 0 saturated carbocycles. The number of aromatic nitrogens is 2. The van der Waals surface area contributed by atoms with E-state index < -0.39 is 37.0 Å². The van der Waals surface area contributed by atoms with Gasteiger partial charge >= 0.3 is 18.3 Å². The maximum absolute atomic E-state index is 12.8. The highest BCUT2D eigenvalue weighted by Gasteiger charge is 2.40. The van der Waals surface area contributed by atoms with Crippen LogP contribution in [0.2, 0.25) is 0 Å². The van der Waals surface area contributed by atoms with Gasteiger partial charge in [0.15, 0.2) is 0 Å². The van der Waals surface area contributed by atoms with E-state index in [-0.39, 0.29) is 10.2 Å². The number of halogens is 5. The van der Waals surface area contributed by atoms with E-state index >= 15 is 0 Å². The number of ether oxygens (including phenoxy) is 1. The van der Waals surface area contributed by atoms with Crippen molar-refractivity contribution in [1.29, 1.82) is 0 Å². The third-order valence-corrected chi connectivity index (χ3v) is 3.09. The van der Waals surface area contributed by atoms with Crippen molar-refractivity contribution in [3.63, 3.8) is 0 Å². The normalized spacial score (nSPS) is 11.6. The summed E-state index contributed by atoms with van der Waals surface area (Å²) in [5.74, 6) is -4.98. The first kappa shape index (κ1) is 17.4. The van der Waals surface area contributed by atoms with Crippen molar-refractivity contribution in [2.24, 2.45) is 0 Å². The molecule has 0 aliphatic rings. The van der Waals surface area contributed by atoms with Gasteiger partial charge in [0.1, 0.15) is 11.0 Å². The van der Waals surface area contributed by atoms with Crippen molar-refractivity contribution in [3.05, 3.63) is 21.0 Å². The molecule has 0 atom stereocenters. The molecule has 21 heavy (non-hydrogen) atoms. The molecule has 1 heterocycles. The van der Waals surface area contributed by atoms with E-state index in [9.17, 15) is 27.2 Å². The number of hydrogen-bond acceptors (Lipinski definition) is 5. The molecule has 1 N–H and O–H groups in total. The molecular weight excluding hydrogens is 366 g/mol. The molecule has 0 amide bonds. The smallest absolute Gasteiger partial charge is 0.327 e. The Morgan fingerprint density at radius 3 is 2.71 bits per heavy atom. The summed E-state index contributed by atoms with van der Waals surface area (Å²) < 4.78 is 54.4. The second kappa shape index (κ2) is 6.87. The van der Waals surface area contributed by atoms with Crippen LogP contribution in [0.15, 0.2) is 15.5 Å². The highest BCUT2D eigenvalue weighted by Crippen LogP contribution is 2.24. The molecule has 1 rings (SSSR count). The maximum Gasteiger partial charge on any atom is 0.327 e. The van der Waals surface area contributed by atoms with Gasteiger partial charge in [-0.05, 0) is 15.9 Å². The van der Waals surface area contributed by atoms with Gasteiger partial charge in [-0.3, -0.25) is 9.59 Å². The van der Waals surface area contributed by atoms with Crippen molar-refractivity contribution in [2.45, 2.75) is 18.9 Å². The molecule has 0 fully saturated rings. The molecule has 0 spiro atoms. The fourth-order valence-corrected chi connectivity index (χ4v) is 1.63. The number of alkyl halides is 4. The number of methoxy groups -OCH3 is 1. The lowest BCUT2D eigenvalue weighted by Gasteiger charge is -2.17. The number of hydrogen-bond donors (Lipinski definition) is 1. The molecule has 0 saturated heterocycles. The molecular formula is C10H10BrF4N3O3. The van der Waals surface area contributed by atoms with E-state index in [0.29, 0.717) is 0 Å². The zero-order valence-corrected chi connectivity index (χ0v) is 12.2. The first-order valence-corrected chi connectivity index (χ1v) is 6.20. The number of carbonyl (C=O) groups is 1. The van der Waals surface area contributed by atoms with Gasteiger partial charge < -0.3 is 10.1 Å². The van der Waals surface area contributed by atoms with Gasteiger partial charge in [-0.25, -0.2) is 13.5 Å². The number of anilines is 1. The van der Waals surface area contributed by atoms with E-state index in [2.05, 4.69) is 25.8 Å². The zero-order chi connectivity index (χ0) is 16.2. The van der Waals surface area contributed by atoms with Crippen LogP contribution in [0.3, 0.4) is 0 Å². The SMILES string of the molecule is COC(=O)Cn1ncc(NCC(F)(F)C(F)F)c(Br)c1=O. The highest BCUT2D eigenvalue weighted by molar-refractivity contribution is 9.10. The van der Waals surface area contributed by atoms with Gasteiger partial charge in [0.25, 0.3) is 5.56 Å². The van der Waals surface area contributed by atoms with E-state index in [0.717, 1.165) is 18.0 Å². The van der Waals surface area contributed by atoms with Gasteiger partial charge in [-0.1, -0.05) is 0 Å². The lowest BCUT2D eigenvalue weighted by atomic mass is 10.3. The Kier molecular flexibility index (Phi) is 5.70. The van der Waals surface area contributed by atoms with E-state index in [1.165, 1.54) is 0 Å². The highest BCUT2D eigenvalue weighted by atomic mass is 79.9. The monoisotopic (exact) mass is 375 g/mol. The maximum atomic E-state index is 12.8. The van der Waals surface area contributed by atoms with Crippen LogP contribution in [0.4, 0.5) is 23.2 Å². The fraction of sp³-hybridized carbons (Fsp3) is 0.500. The molecule has 6 nitrogen and oxygen atoms in total. The molecule has 1 aromatic rings. The van der Waals surface area contributed by atoms with Crippen LogP contribution in [0.5, 0.6) is 0 Å². The van der Waals surface area contributed by atoms with Gasteiger partial charge in [-0.2, -0.15) is 13.9 Å². The first-order valence-electron chi connectivity index (χ1n) is 5.41. The van der Waals surface area contributed by atoms with Gasteiger partial charge in [0, 0.05) is 0 Å². The van der Waals surface area contributed by atoms with Crippen LogP contribution in [0.1, 0.15) is 0 Å². The number of nitrogens with one attached hydrogen (secondary N) is 1. The Labute approximate surface area is 124 Å². The summed E-state index contributed by atoms with van der Waals surface area (Å²) >= 11 is 2.83. The number of carbonyl (C=O) groups excluding carboxylic acids is 1. The molecule has 0 aliphatic heterocycles. The molecule has 118 valence electrons. The van der Waals surface area contributed by atoms with Gasteiger partial charge in [0.05, 0.1) is 25.5 Å². The predicted octanol–water partition coefficient (Wildman–Crippen LogP) is 1.49. The second-order valence-corrected chi connectivity index (χ2v) is 4.62. The van der Waals surface area contributed by atoms with E-state index in [1.54, 1.807) is 0 Å². The third kappa shape index (κ3) is 4.41. The summed E-state index contributed by atoms with van der Waals surface area (Å²) in [7, 11) is 1.12.